The van der Waals surface area contributed by atoms with E-state index < -0.39 is 0 Å². The van der Waals surface area contributed by atoms with Crippen LogP contribution in [0.2, 0.25) is 5.02 Å². The van der Waals surface area contributed by atoms with Crippen molar-refractivity contribution in [1.29, 1.82) is 0 Å². The maximum Gasteiger partial charge on any atom is 0.125 e. The smallest absolute Gasteiger partial charge is 0.125 e. The van der Waals surface area contributed by atoms with Crippen LogP contribution < -0.4 is 5.32 Å². The summed E-state index contributed by atoms with van der Waals surface area (Å²) in [6.45, 7) is 0. The first kappa shape index (κ1) is 13.2. The highest BCUT2D eigenvalue weighted by atomic mass is 35.5. The average molecular weight is 282 g/mol. The first-order chi connectivity index (χ1) is 9.17. The summed E-state index contributed by atoms with van der Waals surface area (Å²) in [6, 6.07) is 4.98. The Morgan fingerprint density at radius 2 is 1.79 bits per heavy atom. The Labute approximate surface area is 119 Å². The average Bonchev–Trinajstić information content (AvgIpc) is 2.85. The van der Waals surface area contributed by atoms with Crippen LogP contribution in [0.4, 0.5) is 10.1 Å². The van der Waals surface area contributed by atoms with Gasteiger partial charge in [0.05, 0.1) is 10.7 Å². The predicted octanol–water partition coefficient (Wildman–Crippen LogP) is 5.39. The Morgan fingerprint density at radius 1 is 1.11 bits per heavy atom. The van der Waals surface area contributed by atoms with E-state index in [9.17, 15) is 4.39 Å². The summed E-state index contributed by atoms with van der Waals surface area (Å²) < 4.78 is 13.2. The summed E-state index contributed by atoms with van der Waals surface area (Å²) in [5.41, 5.74) is 1.39. The van der Waals surface area contributed by atoms with Gasteiger partial charge in [-0.15, -0.1) is 0 Å². The van der Waals surface area contributed by atoms with Crippen LogP contribution >= 0.6 is 11.6 Å². The molecule has 0 aliphatic heterocycles. The molecule has 0 bridgehead atoms. The largest absolute Gasteiger partial charge is 0.381 e. The molecule has 1 nitrogen and oxygen atoms in total. The van der Waals surface area contributed by atoms with Crippen molar-refractivity contribution in [3.05, 3.63) is 29.0 Å². The summed E-state index contributed by atoms with van der Waals surface area (Å²) in [5, 5.41) is 4.04. The van der Waals surface area contributed by atoms with Gasteiger partial charge in [-0.2, -0.15) is 0 Å². The van der Waals surface area contributed by atoms with Crippen molar-refractivity contribution in [2.24, 2.45) is 5.41 Å². The van der Waals surface area contributed by atoms with Gasteiger partial charge >= 0.3 is 0 Å². The summed E-state index contributed by atoms with van der Waals surface area (Å²) in [6.07, 6.45) is 10.7. The van der Waals surface area contributed by atoms with Gasteiger partial charge in [-0.3, -0.25) is 0 Å². The molecule has 2 fully saturated rings. The quantitative estimate of drug-likeness (QED) is 0.766. The fraction of sp³-hybridized carbons (Fsp3) is 0.625. The van der Waals surface area contributed by atoms with Gasteiger partial charge in [0, 0.05) is 6.04 Å². The first-order valence-electron chi connectivity index (χ1n) is 7.39. The van der Waals surface area contributed by atoms with Crippen LogP contribution in [-0.4, -0.2) is 6.04 Å². The maximum atomic E-state index is 13.2. The Hall–Kier alpha value is -0.760. The van der Waals surface area contributed by atoms with Crippen LogP contribution in [0.5, 0.6) is 0 Å². The molecule has 2 aliphatic carbocycles. The van der Waals surface area contributed by atoms with Gasteiger partial charge in [-0.25, -0.2) is 4.39 Å². The third-order valence-electron chi connectivity index (χ3n) is 5.00. The summed E-state index contributed by atoms with van der Waals surface area (Å²) in [7, 11) is 0. The highest BCUT2D eigenvalue weighted by Gasteiger charge is 2.37. The van der Waals surface area contributed by atoms with Crippen molar-refractivity contribution >= 4 is 17.3 Å². The number of nitrogens with one attached hydrogen (secondary N) is 1. The first-order valence-corrected chi connectivity index (χ1v) is 7.76. The molecule has 2 saturated carbocycles. The lowest BCUT2D eigenvalue weighted by atomic mass is 9.71. The Bertz CT molecular complexity index is 444. The van der Waals surface area contributed by atoms with Gasteiger partial charge in [-0.1, -0.05) is 24.4 Å². The Morgan fingerprint density at radius 3 is 2.47 bits per heavy atom. The molecule has 0 saturated heterocycles. The third kappa shape index (κ3) is 2.89. The van der Waals surface area contributed by atoms with Crippen LogP contribution in [0.25, 0.3) is 0 Å². The topological polar surface area (TPSA) is 12.0 Å². The van der Waals surface area contributed by atoms with Crippen molar-refractivity contribution in [1.82, 2.24) is 0 Å². The van der Waals surface area contributed by atoms with Gasteiger partial charge in [-0.05, 0) is 62.1 Å². The van der Waals surface area contributed by atoms with Gasteiger partial charge in [0.2, 0.25) is 0 Å². The lowest BCUT2D eigenvalue weighted by molar-refractivity contribution is 0.188. The molecule has 0 unspecified atom stereocenters. The van der Waals surface area contributed by atoms with E-state index in [0.29, 0.717) is 16.5 Å². The monoisotopic (exact) mass is 281 g/mol. The second-order valence-electron chi connectivity index (χ2n) is 6.25. The minimum Gasteiger partial charge on any atom is -0.381 e. The lowest BCUT2D eigenvalue weighted by Crippen LogP contribution is -2.31. The normalized spacial score (nSPS) is 22.8. The minimum atomic E-state index is -0.227. The highest BCUT2D eigenvalue weighted by Crippen LogP contribution is 2.49. The minimum absolute atomic E-state index is 0.227. The molecule has 0 aromatic heterocycles. The second-order valence-corrected chi connectivity index (χ2v) is 6.66. The molecule has 1 aromatic carbocycles. The van der Waals surface area contributed by atoms with Crippen molar-refractivity contribution in [3.63, 3.8) is 0 Å². The van der Waals surface area contributed by atoms with Gasteiger partial charge in [0.15, 0.2) is 0 Å². The molecule has 1 aromatic rings. The molecule has 19 heavy (non-hydrogen) atoms. The number of anilines is 1. The zero-order valence-corrected chi connectivity index (χ0v) is 12.0. The lowest BCUT2D eigenvalue weighted by Gasteiger charge is -2.38. The molecule has 2 aliphatic rings. The Balaban J connectivity index is 1.61. The number of halogens is 2. The summed E-state index contributed by atoms with van der Waals surface area (Å²) in [4.78, 5) is 0. The fourth-order valence-corrected chi connectivity index (χ4v) is 4.00. The van der Waals surface area contributed by atoms with E-state index >= 15 is 0 Å². The van der Waals surface area contributed by atoms with Gasteiger partial charge in [0.1, 0.15) is 5.82 Å². The van der Waals surface area contributed by atoms with E-state index in [1.165, 1.54) is 63.5 Å². The SMILES string of the molecule is Fc1ccc(Cl)c(NC2CCC3(CCCC3)CC2)c1. The number of benzene rings is 1. The second kappa shape index (κ2) is 5.32. The van der Waals surface area contributed by atoms with E-state index in [1.54, 1.807) is 6.07 Å². The molecule has 1 N–H and O–H groups in total. The third-order valence-corrected chi connectivity index (χ3v) is 5.33. The predicted molar refractivity (Wildman–Crippen MR) is 78.2 cm³/mol. The van der Waals surface area contributed by atoms with Crippen LogP contribution in [0, 0.1) is 11.2 Å². The van der Waals surface area contributed by atoms with Crippen molar-refractivity contribution < 1.29 is 4.39 Å². The molecule has 0 atom stereocenters. The standard InChI is InChI=1S/C16H21ClFN/c17-14-4-3-12(18)11-15(14)19-13-5-9-16(10-6-13)7-1-2-8-16/h3-4,11,13,19H,1-2,5-10H2. The van der Waals surface area contributed by atoms with E-state index in [-0.39, 0.29) is 5.82 Å². The molecule has 3 heteroatoms. The molecule has 3 rings (SSSR count). The number of rotatable bonds is 2. The Kier molecular flexibility index (Phi) is 3.70. The van der Waals surface area contributed by atoms with Gasteiger partial charge < -0.3 is 5.32 Å². The van der Waals surface area contributed by atoms with E-state index in [2.05, 4.69) is 5.32 Å². The summed E-state index contributed by atoms with van der Waals surface area (Å²) >= 11 is 6.11. The number of hydrogen-bond donors (Lipinski definition) is 1. The van der Waals surface area contributed by atoms with E-state index in [0.717, 1.165) is 5.69 Å². The molecular formula is C16H21ClFN. The zero-order chi connectivity index (χ0) is 13.3. The zero-order valence-electron chi connectivity index (χ0n) is 11.2. The molecule has 104 valence electrons. The van der Waals surface area contributed by atoms with Crippen LogP contribution in [-0.2, 0) is 0 Å². The van der Waals surface area contributed by atoms with Crippen molar-refractivity contribution in [3.8, 4) is 0 Å². The van der Waals surface area contributed by atoms with Gasteiger partial charge in [0.25, 0.3) is 0 Å². The van der Waals surface area contributed by atoms with E-state index in [1.807, 2.05) is 0 Å². The van der Waals surface area contributed by atoms with Crippen molar-refractivity contribution in [2.75, 3.05) is 5.32 Å². The molecule has 0 amide bonds. The van der Waals surface area contributed by atoms with Crippen LogP contribution in [0.1, 0.15) is 51.4 Å². The highest BCUT2D eigenvalue weighted by molar-refractivity contribution is 6.33. The van der Waals surface area contributed by atoms with Crippen molar-refractivity contribution in [2.45, 2.75) is 57.4 Å². The van der Waals surface area contributed by atoms with Crippen LogP contribution in [0.3, 0.4) is 0 Å². The summed E-state index contributed by atoms with van der Waals surface area (Å²) in [5.74, 6) is -0.227. The maximum absolute atomic E-state index is 13.2. The molecule has 1 spiro atoms. The molecular weight excluding hydrogens is 261 g/mol. The fourth-order valence-electron chi connectivity index (χ4n) is 3.83. The molecule has 0 radical (unpaired) electrons. The van der Waals surface area contributed by atoms with E-state index in [4.69, 9.17) is 11.6 Å². The molecule has 0 heterocycles. The van der Waals surface area contributed by atoms with Crippen LogP contribution in [0.15, 0.2) is 18.2 Å². The number of hydrogen-bond acceptors (Lipinski definition) is 1.